The van der Waals surface area contributed by atoms with Crippen molar-refractivity contribution < 1.29 is 0 Å². The van der Waals surface area contributed by atoms with Gasteiger partial charge in [0.15, 0.2) is 0 Å². The molecular weight excluding hydrogens is 949 g/mol. The lowest BCUT2D eigenvalue weighted by atomic mass is 9.79. The van der Waals surface area contributed by atoms with Gasteiger partial charge < -0.3 is 0 Å². The highest BCUT2D eigenvalue weighted by Crippen LogP contribution is 2.60. The summed E-state index contributed by atoms with van der Waals surface area (Å²) in [5, 5.41) is 2.54. The van der Waals surface area contributed by atoms with Crippen molar-refractivity contribution in [3.8, 4) is 89.0 Å². The van der Waals surface area contributed by atoms with Crippen LogP contribution < -0.4 is 0 Å². The maximum Gasteiger partial charge on any atom is 0.0159 e. The summed E-state index contributed by atoms with van der Waals surface area (Å²) >= 11 is 0. The smallest absolute Gasteiger partial charge is 0.0159 e. The Hall–Kier alpha value is -9.10. The Morgan fingerprint density at radius 3 is 1.33 bits per heavy atom. The Bertz CT molecular complexity index is 4230. The first-order valence-corrected chi connectivity index (χ1v) is 28.2. The third-order valence-electron chi connectivity index (χ3n) is 17.8. The summed E-state index contributed by atoms with van der Waals surface area (Å²) in [5.74, 6) is 0.182. The molecule has 14 rings (SSSR count). The van der Waals surface area contributed by atoms with Gasteiger partial charge >= 0.3 is 0 Å². The van der Waals surface area contributed by atoms with Crippen molar-refractivity contribution in [3.63, 3.8) is 0 Å². The lowest BCUT2D eigenvalue weighted by molar-refractivity contribution is 0.652. The average Bonchev–Trinajstić information content (AvgIpc) is 4.05. The van der Waals surface area contributed by atoms with Gasteiger partial charge in [-0.05, 0) is 182 Å². The van der Waals surface area contributed by atoms with E-state index < -0.39 is 0 Å². The van der Waals surface area contributed by atoms with E-state index in [4.69, 9.17) is 0 Å². The Kier molecular flexibility index (Phi) is 11.9. The Balaban J connectivity index is 0.881. The second kappa shape index (κ2) is 19.4. The molecule has 0 saturated carbocycles. The minimum Gasteiger partial charge on any atom is -0.0622 e. The molecule has 0 N–H and O–H groups in total. The fraction of sp³-hybridized carbons (Fsp3) is 0.114. The number of fused-ring (bicyclic) bond motifs is 7. The summed E-state index contributed by atoms with van der Waals surface area (Å²) < 4.78 is 0. The van der Waals surface area contributed by atoms with Crippen LogP contribution in [0.1, 0.15) is 79.0 Å². The Morgan fingerprint density at radius 1 is 0.278 bits per heavy atom. The topological polar surface area (TPSA) is 0 Å². The number of rotatable bonds is 11. The van der Waals surface area contributed by atoms with Gasteiger partial charge in [-0.25, -0.2) is 0 Å². The summed E-state index contributed by atoms with van der Waals surface area (Å²) in [6, 6.07) is 102. The summed E-state index contributed by atoms with van der Waals surface area (Å²) in [6.45, 7) is 9.76. The molecule has 0 amide bonds. The lowest BCUT2D eigenvalue weighted by Crippen LogP contribution is -2.17. The van der Waals surface area contributed by atoms with Crippen LogP contribution in [0, 0.1) is 0 Å². The Labute approximate surface area is 466 Å². The van der Waals surface area contributed by atoms with Crippen LogP contribution in [0.2, 0.25) is 0 Å². The molecule has 0 fully saturated rings. The van der Waals surface area contributed by atoms with Crippen molar-refractivity contribution in [3.05, 3.63) is 312 Å². The summed E-state index contributed by atoms with van der Waals surface area (Å²) in [5.41, 5.74) is 29.7. The maximum atomic E-state index is 2.58. The lowest BCUT2D eigenvalue weighted by Gasteiger charge is -2.24. The predicted molar refractivity (Wildman–Crippen MR) is 335 cm³/mol. The van der Waals surface area contributed by atoms with Gasteiger partial charge in [-0.15, -0.1) is 0 Å². The second-order valence-corrected chi connectivity index (χ2v) is 23.1. The fourth-order valence-electron chi connectivity index (χ4n) is 13.5. The van der Waals surface area contributed by atoms with Crippen molar-refractivity contribution in [2.75, 3.05) is 0 Å². The molecule has 378 valence electrons. The number of aryl methyl sites for hydroxylation is 1. The summed E-state index contributed by atoms with van der Waals surface area (Å²) in [6.07, 6.45) is 1.86. The molecule has 0 radical (unpaired) electrons. The first-order valence-electron chi connectivity index (χ1n) is 28.2. The second-order valence-electron chi connectivity index (χ2n) is 23.1. The molecule has 0 aliphatic heterocycles. The molecule has 12 aromatic carbocycles. The molecule has 0 heteroatoms. The molecule has 12 aromatic rings. The predicted octanol–water partition coefficient (Wildman–Crippen LogP) is 21.2. The van der Waals surface area contributed by atoms with Gasteiger partial charge in [0.25, 0.3) is 0 Å². The quantitative estimate of drug-likeness (QED) is 0.121. The Morgan fingerprint density at radius 2 is 0.709 bits per heavy atom. The van der Waals surface area contributed by atoms with Crippen molar-refractivity contribution >= 4 is 10.8 Å². The summed E-state index contributed by atoms with van der Waals surface area (Å²) in [7, 11) is 0. The maximum absolute atomic E-state index is 2.58. The van der Waals surface area contributed by atoms with Crippen LogP contribution in [0.3, 0.4) is 0 Å². The first kappa shape index (κ1) is 48.3. The van der Waals surface area contributed by atoms with E-state index in [2.05, 4.69) is 301 Å². The van der Waals surface area contributed by atoms with Crippen molar-refractivity contribution in [2.24, 2.45) is 0 Å². The van der Waals surface area contributed by atoms with Crippen molar-refractivity contribution in [2.45, 2.75) is 57.3 Å². The number of benzene rings is 12. The molecular formula is C79H62. The normalized spacial score (nSPS) is 13.8. The molecule has 0 saturated heterocycles. The molecule has 2 aliphatic rings. The van der Waals surface area contributed by atoms with Gasteiger partial charge in [-0.1, -0.05) is 270 Å². The first-order chi connectivity index (χ1) is 38.7. The highest BCUT2D eigenvalue weighted by molar-refractivity contribution is 6.01. The molecule has 0 nitrogen and oxygen atoms in total. The van der Waals surface area contributed by atoms with Gasteiger partial charge in [-0.2, -0.15) is 0 Å². The molecule has 0 heterocycles. The van der Waals surface area contributed by atoms with E-state index in [0.717, 1.165) is 12.8 Å². The zero-order valence-electron chi connectivity index (χ0n) is 45.5. The van der Waals surface area contributed by atoms with E-state index in [9.17, 15) is 0 Å². The molecule has 1 atom stereocenters. The molecule has 0 aromatic heterocycles. The summed E-state index contributed by atoms with van der Waals surface area (Å²) in [4.78, 5) is 0. The zero-order chi connectivity index (χ0) is 53.2. The highest BCUT2D eigenvalue weighted by Gasteiger charge is 2.43. The van der Waals surface area contributed by atoms with Gasteiger partial charge in [0.1, 0.15) is 0 Å². The van der Waals surface area contributed by atoms with Crippen LogP contribution in [0.4, 0.5) is 0 Å². The van der Waals surface area contributed by atoms with Crippen LogP contribution >= 0.6 is 0 Å². The van der Waals surface area contributed by atoms with Crippen LogP contribution in [0.5, 0.6) is 0 Å². The molecule has 0 bridgehead atoms. The minimum atomic E-state index is -0.264. The average molecular weight is 1010 g/mol. The minimum absolute atomic E-state index is 0.163. The van der Waals surface area contributed by atoms with E-state index in [-0.39, 0.29) is 16.7 Å². The van der Waals surface area contributed by atoms with E-state index in [1.165, 1.54) is 139 Å². The fourth-order valence-corrected chi connectivity index (χ4v) is 13.5. The SMILES string of the molecule is CC1(C)c2cc3c(cc2-c2c(-c4ccccc4)cccc21)C(C)(C)c1cc(-c2cc(CCC(c4ccc(-c5ccccc5)cc4)c4ccc(-c5cccc6ccccc56)cc4)cc(-c4ccccc4)c2)cc(-c2ccccc2)c1-3. The number of hydrogen-bond donors (Lipinski definition) is 0. The third-order valence-corrected chi connectivity index (χ3v) is 17.8. The van der Waals surface area contributed by atoms with Gasteiger partial charge in [0.2, 0.25) is 0 Å². The standard InChI is InChI=1S/C79H62/c1-78(2)72-34-20-33-68(57-25-13-7-14-26-57)76(72)70-50-74-71(51-73(70)78)77-69(58-27-15-8-16-28-58)48-64(49-75(77)79(74,3)4)63-46-52(45-62(47-63)54-23-11-6-12-24-54)35-44-65(59-38-36-55(37-39-59)53-21-9-5-10-22-53)60-40-42-61(43-41-60)67-32-19-30-56-29-17-18-31-66(56)67/h5-34,36-43,45-51,65H,35,44H2,1-4H3. The van der Waals surface area contributed by atoms with Gasteiger partial charge in [0.05, 0.1) is 0 Å². The highest BCUT2D eigenvalue weighted by atomic mass is 14.5. The van der Waals surface area contributed by atoms with Crippen LogP contribution in [-0.4, -0.2) is 0 Å². The van der Waals surface area contributed by atoms with Crippen molar-refractivity contribution in [1.29, 1.82) is 0 Å². The third kappa shape index (κ3) is 8.46. The zero-order valence-corrected chi connectivity index (χ0v) is 45.5. The van der Waals surface area contributed by atoms with E-state index in [1.807, 2.05) is 0 Å². The molecule has 1 unspecified atom stereocenters. The van der Waals surface area contributed by atoms with Gasteiger partial charge in [0, 0.05) is 16.7 Å². The van der Waals surface area contributed by atoms with Crippen LogP contribution in [0.25, 0.3) is 99.8 Å². The van der Waals surface area contributed by atoms with Gasteiger partial charge in [-0.3, -0.25) is 0 Å². The molecule has 2 aliphatic carbocycles. The van der Waals surface area contributed by atoms with Crippen LogP contribution in [-0.2, 0) is 17.3 Å². The van der Waals surface area contributed by atoms with Crippen molar-refractivity contribution in [1.82, 2.24) is 0 Å². The molecule has 79 heavy (non-hydrogen) atoms. The van der Waals surface area contributed by atoms with Crippen LogP contribution in [0.15, 0.2) is 273 Å². The largest absolute Gasteiger partial charge is 0.0622 e. The molecule has 0 spiro atoms. The van der Waals surface area contributed by atoms with E-state index >= 15 is 0 Å². The monoisotopic (exact) mass is 1010 g/mol. The van der Waals surface area contributed by atoms with E-state index in [1.54, 1.807) is 0 Å². The van der Waals surface area contributed by atoms with E-state index in [0.29, 0.717) is 0 Å². The number of hydrogen-bond acceptors (Lipinski definition) is 0.